The standard InChI is InChI=1S/C84H90N6Si6/c1-91(2,3)67-43-55-37-56(44-67)74-26-20-28-76(86-74)58-39-60(48-69(46-58)93(7,8)9)78-30-22-32-80(88-78)62-41-64(52-71(50-62)95(13,14)15)82-34-24-36-84(90-82)66-42-65(53-72(54-66)96(16,17)18)83-35-23-33-81(89-83)63-40-61(49-70(51-63)94(10,11)12)79-31-21-29-77(87-79)59-38-57(45-68(47-59)92(4,5)6)75-27-19-25-73(55)85-75/h19-54H,1-18H3. The van der Waals surface area contributed by atoms with Crippen LogP contribution in [0, 0.1) is 0 Å². The highest BCUT2D eigenvalue weighted by Crippen LogP contribution is 2.37. The highest BCUT2D eigenvalue weighted by molar-refractivity contribution is 6.91. The molecular weight excluding hydrogens is 1260 g/mol. The first-order chi connectivity index (χ1) is 45.2. The Labute approximate surface area is 576 Å². The average molecular weight is 1350 g/mol. The lowest BCUT2D eigenvalue weighted by Crippen LogP contribution is -2.37. The molecule has 0 unspecified atom stereocenters. The van der Waals surface area contributed by atoms with Gasteiger partial charge in [0.25, 0.3) is 0 Å². The topological polar surface area (TPSA) is 77.3 Å². The molecule has 0 radical (unpaired) electrons. The molecule has 1 aliphatic heterocycles. The summed E-state index contributed by atoms with van der Waals surface area (Å²) in [4.78, 5) is 33.5. The van der Waals surface area contributed by atoms with Crippen molar-refractivity contribution in [2.24, 2.45) is 0 Å². The maximum Gasteiger partial charge on any atom is 0.0776 e. The van der Waals surface area contributed by atoms with E-state index in [1.807, 2.05) is 0 Å². The van der Waals surface area contributed by atoms with Crippen molar-refractivity contribution in [1.29, 1.82) is 0 Å². The summed E-state index contributed by atoms with van der Waals surface area (Å²) >= 11 is 0. The number of fused-ring (bicyclic) bond motifs is 36. The molecule has 12 aromatic rings. The van der Waals surface area contributed by atoms with E-state index in [0.717, 1.165) is 135 Å². The summed E-state index contributed by atoms with van der Waals surface area (Å²) < 4.78 is 0. The number of pyridine rings is 6. The van der Waals surface area contributed by atoms with Gasteiger partial charge in [-0.05, 0) is 109 Å². The molecule has 0 N–H and O–H groups in total. The molecule has 6 aromatic carbocycles. The third-order valence-corrected chi connectivity index (χ3v) is 31.0. The predicted octanol–water partition coefficient (Wildman–Crippen LogP) is 19.6. The van der Waals surface area contributed by atoms with Gasteiger partial charge in [-0.1, -0.05) is 258 Å². The monoisotopic (exact) mass is 1350 g/mol. The van der Waals surface area contributed by atoms with E-state index in [-0.39, 0.29) is 0 Å². The number of hydrogen-bond acceptors (Lipinski definition) is 6. The second kappa shape index (κ2) is 24.9. The van der Waals surface area contributed by atoms with Gasteiger partial charge in [-0.25, -0.2) is 29.9 Å². The van der Waals surface area contributed by atoms with Crippen LogP contribution in [0.3, 0.4) is 0 Å². The van der Waals surface area contributed by atoms with E-state index in [9.17, 15) is 0 Å². The Morgan fingerprint density at radius 1 is 0.146 bits per heavy atom. The Morgan fingerprint density at radius 3 is 0.323 bits per heavy atom. The summed E-state index contributed by atoms with van der Waals surface area (Å²) in [5.74, 6) is 0. The Morgan fingerprint density at radius 2 is 0.240 bits per heavy atom. The number of benzene rings is 6. The first kappa shape index (κ1) is 66.1. The van der Waals surface area contributed by atoms with E-state index in [1.165, 1.54) is 31.1 Å². The van der Waals surface area contributed by atoms with Gasteiger partial charge >= 0.3 is 0 Å². The highest BCUT2D eigenvalue weighted by Gasteiger charge is 2.27. The van der Waals surface area contributed by atoms with Crippen LogP contribution in [-0.2, 0) is 0 Å². The van der Waals surface area contributed by atoms with Gasteiger partial charge in [-0.15, -0.1) is 0 Å². The van der Waals surface area contributed by atoms with Crippen molar-refractivity contribution in [1.82, 2.24) is 29.9 Å². The number of aromatic nitrogens is 6. The van der Waals surface area contributed by atoms with Gasteiger partial charge in [0.15, 0.2) is 0 Å². The summed E-state index contributed by atoms with van der Waals surface area (Å²) in [7, 11) is -11.2. The zero-order chi connectivity index (χ0) is 68.0. The summed E-state index contributed by atoms with van der Waals surface area (Å²) in [5, 5.41) is 8.15. The first-order valence-corrected chi connectivity index (χ1v) is 55.0. The van der Waals surface area contributed by atoms with Crippen LogP contribution in [0.5, 0.6) is 0 Å². The largest absolute Gasteiger partial charge is 0.248 e. The van der Waals surface area contributed by atoms with Crippen LogP contribution in [0.15, 0.2) is 218 Å². The van der Waals surface area contributed by atoms with Gasteiger partial charge in [-0.3, -0.25) is 0 Å². The van der Waals surface area contributed by atoms with Crippen molar-refractivity contribution in [3.63, 3.8) is 0 Å². The van der Waals surface area contributed by atoms with Crippen molar-refractivity contribution in [3.8, 4) is 135 Å². The van der Waals surface area contributed by atoms with Gasteiger partial charge < -0.3 is 0 Å². The fourth-order valence-electron chi connectivity index (χ4n) is 12.7. The van der Waals surface area contributed by atoms with Crippen LogP contribution in [0.1, 0.15) is 0 Å². The van der Waals surface area contributed by atoms with E-state index in [4.69, 9.17) is 29.9 Å². The third-order valence-electron chi connectivity index (χ3n) is 18.8. The minimum Gasteiger partial charge on any atom is -0.248 e. The molecule has 0 aliphatic carbocycles. The molecule has 0 saturated heterocycles. The van der Waals surface area contributed by atoms with Gasteiger partial charge in [-0.2, -0.15) is 0 Å². The zero-order valence-corrected chi connectivity index (χ0v) is 65.5. The van der Waals surface area contributed by atoms with Crippen molar-refractivity contribution in [2.75, 3.05) is 0 Å². The summed E-state index contributed by atoms with van der Waals surface area (Å²) in [6.07, 6.45) is 0. The van der Waals surface area contributed by atoms with Crippen molar-refractivity contribution < 1.29 is 0 Å². The lowest BCUT2D eigenvalue weighted by Gasteiger charge is -2.21. The molecule has 6 aromatic heterocycles. The Hall–Kier alpha value is -8.48. The maximum atomic E-state index is 5.59. The number of rotatable bonds is 6. The molecule has 0 atom stereocenters. The fourth-order valence-corrected chi connectivity index (χ4v) is 19.7. The van der Waals surface area contributed by atoms with E-state index in [0.29, 0.717) is 0 Å². The van der Waals surface area contributed by atoms with Crippen LogP contribution >= 0.6 is 0 Å². The van der Waals surface area contributed by atoms with E-state index < -0.39 is 48.4 Å². The van der Waals surface area contributed by atoms with Crippen LogP contribution < -0.4 is 31.1 Å². The summed E-state index contributed by atoms with van der Waals surface area (Å²) in [6, 6.07) is 81.6. The smallest absolute Gasteiger partial charge is 0.0776 e. The predicted molar refractivity (Wildman–Crippen MR) is 430 cm³/mol. The van der Waals surface area contributed by atoms with Crippen LogP contribution in [0.25, 0.3) is 135 Å². The summed E-state index contributed by atoms with van der Waals surface area (Å²) in [6.45, 7) is 43.7. The molecule has 96 heavy (non-hydrogen) atoms. The van der Waals surface area contributed by atoms with Crippen LogP contribution in [-0.4, -0.2) is 78.3 Å². The van der Waals surface area contributed by atoms with E-state index in [2.05, 4.69) is 336 Å². The lowest BCUT2D eigenvalue weighted by molar-refractivity contribution is 1.30. The number of hydrogen-bond donors (Lipinski definition) is 0. The second-order valence-electron chi connectivity index (χ2n) is 32.7. The molecule has 7 heterocycles. The minimum absolute atomic E-state index is 0.938. The fraction of sp³-hybridized carbons (Fsp3) is 0.214. The van der Waals surface area contributed by atoms with E-state index in [1.54, 1.807) is 0 Å². The Kier molecular flexibility index (Phi) is 17.1. The molecule has 6 nitrogen and oxygen atoms in total. The second-order valence-corrected chi connectivity index (χ2v) is 63.2. The van der Waals surface area contributed by atoms with Gasteiger partial charge in [0.1, 0.15) is 0 Å². The quantitative estimate of drug-likeness (QED) is 0.154. The molecule has 13 rings (SSSR count). The van der Waals surface area contributed by atoms with Crippen LogP contribution in [0.4, 0.5) is 0 Å². The SMILES string of the molecule is C[Si](C)(C)c1cc2cc(c1)-c1cccc(n1)-c1cc(cc([Si](C)(C)C)c1)-c1cccc(n1)-c1cc(cc([Si](C)(C)C)c1)-c1cccc(n1)-c1cc(cc([Si](C)(C)C)c1)-c1cccc(n1)-c1cc(cc([Si](C)(C)C)c1)-c1cccc(n1)-c1cc(cc([Si](C)(C)C)c1)-c1cccc-2n1. The molecule has 0 saturated carbocycles. The lowest BCUT2D eigenvalue weighted by atomic mass is 10.0. The van der Waals surface area contributed by atoms with E-state index >= 15 is 0 Å². The molecule has 12 heteroatoms. The molecule has 24 bridgehead atoms. The molecule has 0 spiro atoms. The molecule has 0 amide bonds. The van der Waals surface area contributed by atoms with Crippen LogP contribution in [0.2, 0.25) is 118 Å². The van der Waals surface area contributed by atoms with Gasteiger partial charge in [0.05, 0.1) is 117 Å². The molecular formula is C84H90N6Si6. The zero-order valence-electron chi connectivity index (χ0n) is 59.5. The van der Waals surface area contributed by atoms with Crippen molar-refractivity contribution in [3.05, 3.63) is 218 Å². The average Bonchev–Trinajstić information content (AvgIpc) is 0.794. The Balaban J connectivity index is 1.03. The highest BCUT2D eigenvalue weighted by atomic mass is 28.3. The third kappa shape index (κ3) is 14.2. The van der Waals surface area contributed by atoms with Crippen molar-refractivity contribution >= 4 is 79.6 Å². The minimum atomic E-state index is -1.87. The van der Waals surface area contributed by atoms with Crippen molar-refractivity contribution in [2.45, 2.75) is 118 Å². The Bertz CT molecular complexity index is 3990. The molecule has 1 aliphatic rings. The maximum absolute atomic E-state index is 5.59. The normalized spacial score (nSPS) is 12.7. The van der Waals surface area contributed by atoms with Gasteiger partial charge in [0.2, 0.25) is 0 Å². The molecule has 0 fully saturated rings. The molecule has 480 valence electrons. The number of nitrogens with zero attached hydrogens (tertiary/aromatic N) is 6. The first-order valence-electron chi connectivity index (χ1n) is 34.0. The van der Waals surface area contributed by atoms with Gasteiger partial charge in [0, 0.05) is 66.8 Å². The summed E-state index contributed by atoms with van der Waals surface area (Å²) in [5.41, 5.74) is 24.3.